The fraction of sp³-hybridized carbons (Fsp3) is 0.600. The summed E-state index contributed by atoms with van der Waals surface area (Å²) < 4.78 is 1.84. The first-order valence-electron chi connectivity index (χ1n) is 10.0. The van der Waals surface area contributed by atoms with Crippen LogP contribution in [0.15, 0.2) is 18.5 Å². The van der Waals surface area contributed by atoms with Crippen molar-refractivity contribution in [2.45, 2.75) is 57.7 Å². The average Bonchev–Trinajstić information content (AvgIpc) is 3.31. The topological polar surface area (TPSA) is 100 Å². The third-order valence-electron chi connectivity index (χ3n) is 5.68. The number of aromatic nitrogens is 3. The predicted octanol–water partition coefficient (Wildman–Crippen LogP) is 2.07. The Morgan fingerprint density at radius 3 is 2.71 bits per heavy atom. The highest BCUT2D eigenvalue weighted by Crippen LogP contribution is 2.33. The normalized spacial score (nSPS) is 21.9. The largest absolute Gasteiger partial charge is 0.480 e. The van der Waals surface area contributed by atoms with Gasteiger partial charge < -0.3 is 10.4 Å². The van der Waals surface area contributed by atoms with E-state index in [9.17, 15) is 9.59 Å². The summed E-state index contributed by atoms with van der Waals surface area (Å²) in [6.45, 7) is 5.03. The minimum Gasteiger partial charge on any atom is -0.480 e. The SMILES string of the molecule is CC(C)n1ncc2cc(C(=O)NC3CC(N(CC(=O)O)CC4CC4)C3)cnc21. The van der Waals surface area contributed by atoms with E-state index < -0.39 is 5.97 Å². The Bertz CT molecular complexity index is 883. The Labute approximate surface area is 163 Å². The van der Waals surface area contributed by atoms with Crippen LogP contribution in [0.25, 0.3) is 11.0 Å². The van der Waals surface area contributed by atoms with E-state index in [2.05, 4.69) is 20.3 Å². The van der Waals surface area contributed by atoms with Crippen LogP contribution < -0.4 is 5.32 Å². The molecule has 2 heterocycles. The second kappa shape index (κ2) is 7.50. The fourth-order valence-electron chi connectivity index (χ4n) is 3.86. The number of nitrogens with one attached hydrogen (secondary N) is 1. The molecule has 0 spiro atoms. The first kappa shape index (κ1) is 18.9. The van der Waals surface area contributed by atoms with Gasteiger partial charge >= 0.3 is 5.97 Å². The van der Waals surface area contributed by atoms with Gasteiger partial charge in [-0.3, -0.25) is 14.5 Å². The third kappa shape index (κ3) is 4.01. The molecule has 2 aliphatic carbocycles. The lowest BCUT2D eigenvalue weighted by Gasteiger charge is -2.42. The molecule has 2 aromatic rings. The number of pyridine rings is 1. The van der Waals surface area contributed by atoms with Crippen molar-refractivity contribution in [1.29, 1.82) is 0 Å². The van der Waals surface area contributed by atoms with E-state index >= 15 is 0 Å². The van der Waals surface area contributed by atoms with Crippen LogP contribution in [0, 0.1) is 5.92 Å². The summed E-state index contributed by atoms with van der Waals surface area (Å²) in [5.74, 6) is -0.269. The van der Waals surface area contributed by atoms with E-state index in [1.54, 1.807) is 12.4 Å². The average molecular weight is 385 g/mol. The van der Waals surface area contributed by atoms with Crippen molar-refractivity contribution < 1.29 is 14.7 Å². The first-order chi connectivity index (χ1) is 13.4. The molecule has 2 fully saturated rings. The van der Waals surface area contributed by atoms with Crippen molar-refractivity contribution >= 4 is 22.9 Å². The molecule has 28 heavy (non-hydrogen) atoms. The van der Waals surface area contributed by atoms with Crippen LogP contribution in [0.3, 0.4) is 0 Å². The highest BCUT2D eigenvalue weighted by molar-refractivity contribution is 5.97. The summed E-state index contributed by atoms with van der Waals surface area (Å²) in [6.07, 6.45) is 7.33. The molecule has 0 aliphatic heterocycles. The molecule has 0 unspecified atom stereocenters. The van der Waals surface area contributed by atoms with Gasteiger partial charge in [0, 0.05) is 36.3 Å². The van der Waals surface area contributed by atoms with Crippen LogP contribution in [-0.4, -0.2) is 61.8 Å². The lowest BCUT2D eigenvalue weighted by atomic mass is 9.85. The molecule has 150 valence electrons. The van der Waals surface area contributed by atoms with Gasteiger partial charge in [0.05, 0.1) is 18.3 Å². The van der Waals surface area contributed by atoms with Crippen molar-refractivity contribution in [3.8, 4) is 0 Å². The molecule has 0 aromatic carbocycles. The summed E-state index contributed by atoms with van der Waals surface area (Å²) >= 11 is 0. The maximum atomic E-state index is 12.6. The van der Waals surface area contributed by atoms with E-state index in [1.165, 1.54) is 12.8 Å². The first-order valence-corrected chi connectivity index (χ1v) is 10.0. The molecule has 8 nitrogen and oxygen atoms in total. The maximum Gasteiger partial charge on any atom is 0.317 e. The zero-order valence-electron chi connectivity index (χ0n) is 16.3. The molecule has 2 saturated carbocycles. The Balaban J connectivity index is 1.34. The van der Waals surface area contributed by atoms with Crippen LogP contribution in [0.4, 0.5) is 0 Å². The molecule has 0 saturated heterocycles. The standard InChI is InChI=1S/C20H27N5O3/c1-12(2)25-19-14(9-22-25)5-15(8-21-19)20(28)23-16-6-17(7-16)24(11-18(26)27)10-13-3-4-13/h5,8-9,12-13,16-17H,3-4,6-7,10-11H2,1-2H3,(H,23,28)(H,26,27). The Morgan fingerprint density at radius 1 is 1.32 bits per heavy atom. The van der Waals surface area contributed by atoms with Crippen LogP contribution in [0.1, 0.15) is 55.9 Å². The van der Waals surface area contributed by atoms with Gasteiger partial charge in [-0.1, -0.05) is 0 Å². The van der Waals surface area contributed by atoms with Crippen molar-refractivity contribution in [3.05, 3.63) is 24.0 Å². The molecular formula is C20H27N5O3. The van der Waals surface area contributed by atoms with Crippen LogP contribution in [0.2, 0.25) is 0 Å². The number of nitrogens with zero attached hydrogens (tertiary/aromatic N) is 4. The molecule has 2 N–H and O–H groups in total. The second-order valence-corrected chi connectivity index (χ2v) is 8.38. The molecule has 2 aromatic heterocycles. The number of amides is 1. The number of carbonyl (C=O) groups is 2. The number of aliphatic carboxylic acids is 1. The van der Waals surface area contributed by atoms with Gasteiger partial charge in [-0.15, -0.1) is 0 Å². The number of carboxylic acid groups (broad SMARTS) is 1. The van der Waals surface area contributed by atoms with Gasteiger partial charge in [-0.05, 0) is 51.5 Å². The summed E-state index contributed by atoms with van der Waals surface area (Å²) in [4.78, 5) is 30.2. The van der Waals surface area contributed by atoms with E-state index in [0.29, 0.717) is 11.5 Å². The number of carboxylic acids is 1. The lowest BCUT2D eigenvalue weighted by Crippen LogP contribution is -2.55. The maximum absolute atomic E-state index is 12.6. The Kier molecular flexibility index (Phi) is 5.05. The minimum absolute atomic E-state index is 0.0853. The van der Waals surface area contributed by atoms with Crippen LogP contribution >= 0.6 is 0 Å². The lowest BCUT2D eigenvalue weighted by molar-refractivity contribution is -0.139. The molecular weight excluding hydrogens is 358 g/mol. The zero-order valence-corrected chi connectivity index (χ0v) is 16.3. The fourth-order valence-corrected chi connectivity index (χ4v) is 3.86. The highest BCUT2D eigenvalue weighted by atomic mass is 16.4. The zero-order chi connectivity index (χ0) is 19.8. The number of carbonyl (C=O) groups excluding carboxylic acids is 1. The smallest absolute Gasteiger partial charge is 0.317 e. The minimum atomic E-state index is -0.783. The monoisotopic (exact) mass is 385 g/mol. The van der Waals surface area contributed by atoms with E-state index in [-0.39, 0.29) is 30.6 Å². The summed E-state index contributed by atoms with van der Waals surface area (Å²) in [5.41, 5.74) is 1.30. The van der Waals surface area contributed by atoms with Crippen molar-refractivity contribution in [3.63, 3.8) is 0 Å². The quantitative estimate of drug-likeness (QED) is 0.722. The highest BCUT2D eigenvalue weighted by Gasteiger charge is 2.37. The Morgan fingerprint density at radius 2 is 2.07 bits per heavy atom. The van der Waals surface area contributed by atoms with Gasteiger partial charge in [0.25, 0.3) is 5.91 Å². The summed E-state index contributed by atoms with van der Waals surface area (Å²) in [7, 11) is 0. The van der Waals surface area contributed by atoms with Crippen molar-refractivity contribution in [2.24, 2.45) is 5.92 Å². The number of hydrogen-bond acceptors (Lipinski definition) is 5. The van der Waals surface area contributed by atoms with Crippen molar-refractivity contribution in [1.82, 2.24) is 25.0 Å². The van der Waals surface area contributed by atoms with E-state index in [0.717, 1.165) is 30.4 Å². The molecule has 4 rings (SSSR count). The van der Waals surface area contributed by atoms with Gasteiger partial charge in [-0.2, -0.15) is 5.10 Å². The molecule has 0 atom stereocenters. The summed E-state index contributed by atoms with van der Waals surface area (Å²) in [5, 5.41) is 17.4. The van der Waals surface area contributed by atoms with Gasteiger partial charge in [-0.25, -0.2) is 9.67 Å². The molecule has 1 amide bonds. The predicted molar refractivity (Wildman–Crippen MR) is 104 cm³/mol. The van der Waals surface area contributed by atoms with Crippen LogP contribution in [0.5, 0.6) is 0 Å². The van der Waals surface area contributed by atoms with E-state index in [4.69, 9.17) is 5.11 Å². The number of fused-ring (bicyclic) bond motifs is 1. The van der Waals surface area contributed by atoms with Gasteiger partial charge in [0.15, 0.2) is 5.65 Å². The summed E-state index contributed by atoms with van der Waals surface area (Å²) in [6, 6.07) is 2.36. The van der Waals surface area contributed by atoms with E-state index in [1.807, 2.05) is 24.6 Å². The molecule has 2 aliphatic rings. The third-order valence-corrected chi connectivity index (χ3v) is 5.68. The molecule has 8 heteroatoms. The van der Waals surface area contributed by atoms with Gasteiger partial charge in [0.1, 0.15) is 0 Å². The second-order valence-electron chi connectivity index (χ2n) is 8.38. The van der Waals surface area contributed by atoms with Crippen LogP contribution in [-0.2, 0) is 4.79 Å². The molecule has 0 radical (unpaired) electrons. The number of rotatable bonds is 8. The van der Waals surface area contributed by atoms with Gasteiger partial charge in [0.2, 0.25) is 0 Å². The Hall–Kier alpha value is -2.48. The van der Waals surface area contributed by atoms with Crippen molar-refractivity contribution in [2.75, 3.05) is 13.1 Å². The molecule has 0 bridgehead atoms. The number of hydrogen-bond donors (Lipinski definition) is 2.